The zero-order valence-electron chi connectivity index (χ0n) is 15.3. The van der Waals surface area contributed by atoms with Gasteiger partial charge in [-0.25, -0.2) is 0 Å². The third kappa shape index (κ3) is 4.07. The molecule has 0 radical (unpaired) electrons. The average Bonchev–Trinajstić information content (AvgIpc) is 3.22. The van der Waals surface area contributed by atoms with Crippen LogP contribution in [0, 0.1) is 5.92 Å². The molecule has 138 valence electrons. The molecule has 0 spiro atoms. The van der Waals surface area contributed by atoms with Gasteiger partial charge in [-0.3, -0.25) is 9.89 Å². The molecular weight excluding hydrogens is 348 g/mol. The van der Waals surface area contributed by atoms with Gasteiger partial charge >= 0.3 is 0 Å². The Balaban J connectivity index is 1.56. The fourth-order valence-corrected chi connectivity index (χ4v) is 3.39. The zero-order chi connectivity index (χ0) is 18.5. The molecule has 0 aliphatic carbocycles. The minimum absolute atomic E-state index is 0.157. The first-order chi connectivity index (χ1) is 12.6. The monoisotopic (exact) mass is 372 g/mol. The van der Waals surface area contributed by atoms with Gasteiger partial charge in [-0.15, -0.1) is 10.2 Å². The van der Waals surface area contributed by atoms with E-state index >= 15 is 0 Å². The molecular formula is C18H24N6OS. The SMILES string of the molecule is CSc1nnc(CCCNC(=O)c2n[nH]c3ccccc23)n1CC(C)C. The van der Waals surface area contributed by atoms with Crippen molar-refractivity contribution in [2.75, 3.05) is 12.8 Å². The van der Waals surface area contributed by atoms with Crippen molar-refractivity contribution in [3.8, 4) is 0 Å². The summed E-state index contributed by atoms with van der Waals surface area (Å²) < 4.78 is 2.18. The topological polar surface area (TPSA) is 88.5 Å². The van der Waals surface area contributed by atoms with Crippen LogP contribution in [-0.2, 0) is 13.0 Å². The van der Waals surface area contributed by atoms with E-state index in [0.717, 1.165) is 41.3 Å². The lowest BCUT2D eigenvalue weighted by molar-refractivity contribution is 0.0949. The number of nitrogens with zero attached hydrogens (tertiary/aromatic N) is 4. The number of H-pyrrole nitrogens is 1. The van der Waals surface area contributed by atoms with Crippen LogP contribution in [-0.4, -0.2) is 43.7 Å². The molecule has 0 unspecified atom stereocenters. The van der Waals surface area contributed by atoms with E-state index in [9.17, 15) is 4.79 Å². The molecule has 26 heavy (non-hydrogen) atoms. The predicted octanol–water partition coefficient (Wildman–Crippen LogP) is 2.89. The fraction of sp³-hybridized carbons (Fsp3) is 0.444. The van der Waals surface area contributed by atoms with Crippen molar-refractivity contribution in [2.24, 2.45) is 5.92 Å². The Kier molecular flexibility index (Phi) is 5.92. The number of thioether (sulfide) groups is 1. The number of carbonyl (C=O) groups excluding carboxylic acids is 1. The van der Waals surface area contributed by atoms with Crippen LogP contribution in [0.15, 0.2) is 29.4 Å². The number of carbonyl (C=O) groups is 1. The number of para-hydroxylation sites is 1. The second-order valence-electron chi connectivity index (χ2n) is 6.58. The maximum Gasteiger partial charge on any atom is 0.272 e. The van der Waals surface area contributed by atoms with Gasteiger partial charge in [0.1, 0.15) is 5.82 Å². The third-order valence-corrected chi connectivity index (χ3v) is 4.74. The Bertz CT molecular complexity index is 885. The molecule has 3 rings (SSSR count). The highest BCUT2D eigenvalue weighted by Gasteiger charge is 2.14. The van der Waals surface area contributed by atoms with Gasteiger partial charge in [0.15, 0.2) is 10.9 Å². The Labute approximate surface area is 157 Å². The lowest BCUT2D eigenvalue weighted by Crippen LogP contribution is -2.25. The van der Waals surface area contributed by atoms with Crippen molar-refractivity contribution in [2.45, 2.75) is 38.4 Å². The quantitative estimate of drug-likeness (QED) is 0.469. The van der Waals surface area contributed by atoms with Crippen LogP contribution in [0.3, 0.4) is 0 Å². The summed E-state index contributed by atoms with van der Waals surface area (Å²) in [6.45, 7) is 5.85. The molecule has 0 saturated heterocycles. The number of fused-ring (bicyclic) bond motifs is 1. The molecule has 2 aromatic heterocycles. The first-order valence-electron chi connectivity index (χ1n) is 8.77. The van der Waals surface area contributed by atoms with Gasteiger partial charge < -0.3 is 9.88 Å². The highest BCUT2D eigenvalue weighted by Crippen LogP contribution is 2.17. The Hall–Kier alpha value is -2.35. The summed E-state index contributed by atoms with van der Waals surface area (Å²) in [7, 11) is 0. The number of amides is 1. The van der Waals surface area contributed by atoms with E-state index in [4.69, 9.17) is 0 Å². The van der Waals surface area contributed by atoms with Crippen molar-refractivity contribution in [1.82, 2.24) is 30.3 Å². The van der Waals surface area contributed by atoms with Gasteiger partial charge in [0.25, 0.3) is 5.91 Å². The summed E-state index contributed by atoms with van der Waals surface area (Å²) in [6.07, 6.45) is 3.60. The summed E-state index contributed by atoms with van der Waals surface area (Å²) in [6, 6.07) is 7.62. The van der Waals surface area contributed by atoms with E-state index in [1.54, 1.807) is 11.8 Å². The van der Waals surface area contributed by atoms with Gasteiger partial charge in [-0.2, -0.15) is 5.10 Å². The number of aromatic nitrogens is 5. The Morgan fingerprint density at radius 3 is 2.88 bits per heavy atom. The first-order valence-corrected chi connectivity index (χ1v) is 10.00. The second-order valence-corrected chi connectivity index (χ2v) is 7.36. The van der Waals surface area contributed by atoms with Gasteiger partial charge in [-0.05, 0) is 24.7 Å². The normalized spacial score (nSPS) is 11.4. The number of hydrogen-bond acceptors (Lipinski definition) is 5. The number of hydrogen-bond donors (Lipinski definition) is 2. The number of rotatable bonds is 8. The molecule has 0 aliphatic heterocycles. The lowest BCUT2D eigenvalue weighted by Gasteiger charge is -2.11. The number of benzene rings is 1. The van der Waals surface area contributed by atoms with Crippen LogP contribution in [0.5, 0.6) is 0 Å². The van der Waals surface area contributed by atoms with E-state index < -0.39 is 0 Å². The van der Waals surface area contributed by atoms with Crippen LogP contribution < -0.4 is 5.32 Å². The maximum absolute atomic E-state index is 12.4. The summed E-state index contributed by atoms with van der Waals surface area (Å²) in [5.41, 5.74) is 1.30. The number of aromatic amines is 1. The number of nitrogens with one attached hydrogen (secondary N) is 2. The molecule has 0 atom stereocenters. The minimum Gasteiger partial charge on any atom is -0.351 e. The molecule has 0 aliphatic rings. The molecule has 2 N–H and O–H groups in total. The molecule has 0 fully saturated rings. The summed E-state index contributed by atoms with van der Waals surface area (Å²) >= 11 is 1.61. The van der Waals surface area contributed by atoms with E-state index in [0.29, 0.717) is 18.2 Å². The van der Waals surface area contributed by atoms with E-state index in [-0.39, 0.29) is 5.91 Å². The van der Waals surface area contributed by atoms with Crippen molar-refractivity contribution in [3.05, 3.63) is 35.8 Å². The standard InChI is InChI=1S/C18H24N6OS/c1-12(2)11-24-15(21-23-18(24)26-3)9-6-10-19-17(25)16-13-7-4-5-8-14(13)20-22-16/h4-5,7-8,12H,6,9-11H2,1-3H3,(H,19,25)(H,20,22). The smallest absolute Gasteiger partial charge is 0.272 e. The van der Waals surface area contributed by atoms with Gasteiger partial charge in [0.05, 0.1) is 5.52 Å². The van der Waals surface area contributed by atoms with Gasteiger partial charge in [0, 0.05) is 24.9 Å². The Morgan fingerprint density at radius 2 is 2.12 bits per heavy atom. The van der Waals surface area contributed by atoms with Crippen molar-refractivity contribution < 1.29 is 4.79 Å². The van der Waals surface area contributed by atoms with Crippen LogP contribution >= 0.6 is 11.8 Å². The zero-order valence-corrected chi connectivity index (χ0v) is 16.1. The van der Waals surface area contributed by atoms with Crippen LogP contribution in [0.4, 0.5) is 0 Å². The second kappa shape index (κ2) is 8.35. The molecule has 1 aromatic carbocycles. The molecule has 1 amide bonds. The summed E-state index contributed by atoms with van der Waals surface area (Å²) in [5, 5.41) is 20.3. The van der Waals surface area contributed by atoms with E-state index in [1.165, 1.54) is 0 Å². The van der Waals surface area contributed by atoms with E-state index in [1.807, 2.05) is 30.5 Å². The third-order valence-electron chi connectivity index (χ3n) is 4.07. The highest BCUT2D eigenvalue weighted by atomic mass is 32.2. The predicted molar refractivity (Wildman–Crippen MR) is 103 cm³/mol. The van der Waals surface area contributed by atoms with Crippen molar-refractivity contribution in [3.63, 3.8) is 0 Å². The molecule has 0 bridgehead atoms. The van der Waals surface area contributed by atoms with Crippen molar-refractivity contribution >= 4 is 28.6 Å². The Morgan fingerprint density at radius 1 is 1.31 bits per heavy atom. The van der Waals surface area contributed by atoms with Gasteiger partial charge in [0.2, 0.25) is 0 Å². The molecule has 7 nitrogen and oxygen atoms in total. The number of aryl methyl sites for hydroxylation is 1. The fourth-order valence-electron chi connectivity index (χ4n) is 2.87. The van der Waals surface area contributed by atoms with E-state index in [2.05, 4.69) is 44.1 Å². The van der Waals surface area contributed by atoms with Crippen LogP contribution in [0.25, 0.3) is 10.9 Å². The van der Waals surface area contributed by atoms with Gasteiger partial charge in [-0.1, -0.05) is 43.8 Å². The lowest BCUT2D eigenvalue weighted by atomic mass is 10.2. The maximum atomic E-state index is 12.4. The molecule has 2 heterocycles. The summed E-state index contributed by atoms with van der Waals surface area (Å²) in [4.78, 5) is 12.4. The molecule has 3 aromatic rings. The molecule has 0 saturated carbocycles. The minimum atomic E-state index is -0.157. The van der Waals surface area contributed by atoms with Crippen LogP contribution in [0.2, 0.25) is 0 Å². The average molecular weight is 372 g/mol. The molecule has 8 heteroatoms. The summed E-state index contributed by atoms with van der Waals surface area (Å²) in [5.74, 6) is 1.35. The largest absolute Gasteiger partial charge is 0.351 e. The highest BCUT2D eigenvalue weighted by molar-refractivity contribution is 7.98. The van der Waals surface area contributed by atoms with Crippen molar-refractivity contribution in [1.29, 1.82) is 0 Å². The van der Waals surface area contributed by atoms with Crippen LogP contribution in [0.1, 0.15) is 36.6 Å². The first kappa shape index (κ1) is 18.4.